The first-order valence-corrected chi connectivity index (χ1v) is 8.48. The number of halogens is 1. The molecule has 122 valence electrons. The van der Waals surface area contributed by atoms with Gasteiger partial charge in [0.25, 0.3) is 5.91 Å². The van der Waals surface area contributed by atoms with E-state index in [9.17, 15) is 9.59 Å². The van der Waals surface area contributed by atoms with Crippen molar-refractivity contribution in [3.8, 4) is 0 Å². The zero-order valence-electron chi connectivity index (χ0n) is 12.8. The molecule has 0 bridgehead atoms. The minimum atomic E-state index is -0.915. The SMILES string of the molecule is C[C@H](OC(=O)c1cc2ccccc2s1)C(=O)Nc1cccc(Cl)c1. The summed E-state index contributed by atoms with van der Waals surface area (Å²) in [5.74, 6) is -0.920. The first-order valence-electron chi connectivity index (χ1n) is 7.29. The molecule has 1 amide bonds. The molecule has 1 aromatic heterocycles. The third kappa shape index (κ3) is 3.75. The van der Waals surface area contributed by atoms with Gasteiger partial charge in [0.05, 0.1) is 0 Å². The lowest BCUT2D eigenvalue weighted by atomic mass is 10.2. The summed E-state index contributed by atoms with van der Waals surface area (Å²) >= 11 is 7.22. The van der Waals surface area contributed by atoms with Gasteiger partial charge in [-0.05, 0) is 42.6 Å². The Bertz CT molecular complexity index is 873. The van der Waals surface area contributed by atoms with Gasteiger partial charge >= 0.3 is 5.97 Å². The molecule has 0 radical (unpaired) electrons. The van der Waals surface area contributed by atoms with Gasteiger partial charge in [-0.1, -0.05) is 35.9 Å². The van der Waals surface area contributed by atoms with E-state index in [4.69, 9.17) is 16.3 Å². The van der Waals surface area contributed by atoms with Gasteiger partial charge in [0, 0.05) is 15.4 Å². The van der Waals surface area contributed by atoms with Gasteiger partial charge in [0.15, 0.2) is 6.10 Å². The van der Waals surface area contributed by atoms with Crippen LogP contribution in [0.25, 0.3) is 10.1 Å². The number of thiophene rings is 1. The van der Waals surface area contributed by atoms with Crippen LogP contribution in [0.3, 0.4) is 0 Å². The van der Waals surface area contributed by atoms with Crippen molar-refractivity contribution in [2.75, 3.05) is 5.32 Å². The van der Waals surface area contributed by atoms with Crippen LogP contribution in [-0.4, -0.2) is 18.0 Å². The molecular formula is C18H14ClNO3S. The second-order valence-corrected chi connectivity index (χ2v) is 6.72. The van der Waals surface area contributed by atoms with Crippen molar-refractivity contribution in [2.24, 2.45) is 0 Å². The number of amides is 1. The fraction of sp³-hybridized carbons (Fsp3) is 0.111. The lowest BCUT2D eigenvalue weighted by Crippen LogP contribution is -2.29. The minimum Gasteiger partial charge on any atom is -0.448 e. The van der Waals surface area contributed by atoms with Gasteiger partial charge < -0.3 is 10.1 Å². The number of rotatable bonds is 4. The Labute approximate surface area is 148 Å². The van der Waals surface area contributed by atoms with E-state index in [0.29, 0.717) is 15.6 Å². The maximum absolute atomic E-state index is 12.2. The van der Waals surface area contributed by atoms with E-state index >= 15 is 0 Å². The Balaban J connectivity index is 1.65. The third-order valence-electron chi connectivity index (χ3n) is 3.37. The van der Waals surface area contributed by atoms with E-state index in [1.807, 2.05) is 24.3 Å². The first kappa shape index (κ1) is 16.5. The van der Waals surface area contributed by atoms with Gasteiger partial charge in [-0.15, -0.1) is 11.3 Å². The van der Waals surface area contributed by atoms with Crippen LogP contribution in [0.2, 0.25) is 5.02 Å². The van der Waals surface area contributed by atoms with Crippen molar-refractivity contribution in [3.05, 3.63) is 64.5 Å². The molecule has 2 aromatic carbocycles. The average molecular weight is 360 g/mol. The minimum absolute atomic E-state index is 0.410. The Morgan fingerprint density at radius 3 is 2.67 bits per heavy atom. The number of hydrogen-bond acceptors (Lipinski definition) is 4. The molecule has 6 heteroatoms. The lowest BCUT2D eigenvalue weighted by Gasteiger charge is -2.13. The molecule has 0 spiro atoms. The van der Waals surface area contributed by atoms with Crippen LogP contribution in [0.4, 0.5) is 5.69 Å². The predicted octanol–water partition coefficient (Wildman–Crippen LogP) is 4.74. The summed E-state index contributed by atoms with van der Waals surface area (Å²) in [5, 5.41) is 4.16. The molecule has 24 heavy (non-hydrogen) atoms. The van der Waals surface area contributed by atoms with Crippen molar-refractivity contribution in [2.45, 2.75) is 13.0 Å². The van der Waals surface area contributed by atoms with E-state index in [-0.39, 0.29) is 0 Å². The smallest absolute Gasteiger partial charge is 0.349 e. The molecule has 0 aliphatic carbocycles. The molecule has 3 rings (SSSR count). The molecule has 0 fully saturated rings. The summed E-state index contributed by atoms with van der Waals surface area (Å²) in [6.45, 7) is 1.53. The number of benzene rings is 2. The van der Waals surface area contributed by atoms with Crippen LogP contribution in [0.15, 0.2) is 54.6 Å². The Hall–Kier alpha value is -2.37. The van der Waals surface area contributed by atoms with Crippen molar-refractivity contribution in [1.29, 1.82) is 0 Å². The highest BCUT2D eigenvalue weighted by Gasteiger charge is 2.20. The van der Waals surface area contributed by atoms with Crippen molar-refractivity contribution in [3.63, 3.8) is 0 Å². The third-order valence-corrected chi connectivity index (χ3v) is 4.70. The zero-order chi connectivity index (χ0) is 17.1. The van der Waals surface area contributed by atoms with E-state index in [1.165, 1.54) is 18.3 Å². The van der Waals surface area contributed by atoms with Gasteiger partial charge in [0.1, 0.15) is 4.88 Å². The predicted molar refractivity (Wildman–Crippen MR) is 96.8 cm³/mol. The highest BCUT2D eigenvalue weighted by atomic mass is 35.5. The number of carbonyl (C=O) groups excluding carboxylic acids is 2. The highest BCUT2D eigenvalue weighted by Crippen LogP contribution is 2.26. The first-order chi connectivity index (χ1) is 11.5. The molecule has 1 atom stereocenters. The van der Waals surface area contributed by atoms with Crippen molar-refractivity contribution < 1.29 is 14.3 Å². The normalized spacial score (nSPS) is 11.9. The summed E-state index contributed by atoms with van der Waals surface area (Å²) in [6.07, 6.45) is -0.915. The van der Waals surface area contributed by atoms with Gasteiger partial charge in [-0.25, -0.2) is 4.79 Å². The number of anilines is 1. The molecule has 0 aliphatic rings. The Morgan fingerprint density at radius 1 is 1.12 bits per heavy atom. The topological polar surface area (TPSA) is 55.4 Å². The molecule has 3 aromatic rings. The van der Waals surface area contributed by atoms with E-state index in [1.54, 1.807) is 30.3 Å². The summed E-state index contributed by atoms with van der Waals surface area (Å²) in [7, 11) is 0. The molecule has 1 heterocycles. The summed E-state index contributed by atoms with van der Waals surface area (Å²) in [4.78, 5) is 24.8. The molecule has 1 N–H and O–H groups in total. The van der Waals surface area contributed by atoms with Gasteiger partial charge in [0.2, 0.25) is 0 Å². The summed E-state index contributed by atoms with van der Waals surface area (Å²) < 4.78 is 6.26. The second-order valence-electron chi connectivity index (χ2n) is 5.20. The average Bonchev–Trinajstić information content (AvgIpc) is 2.99. The highest BCUT2D eigenvalue weighted by molar-refractivity contribution is 7.20. The fourth-order valence-corrected chi connectivity index (χ4v) is 3.30. The molecule has 0 unspecified atom stereocenters. The van der Waals surface area contributed by atoms with Crippen LogP contribution < -0.4 is 5.32 Å². The molecule has 0 saturated carbocycles. The largest absolute Gasteiger partial charge is 0.448 e. The van der Waals surface area contributed by atoms with Crippen molar-refractivity contribution in [1.82, 2.24) is 0 Å². The van der Waals surface area contributed by atoms with Crippen molar-refractivity contribution >= 4 is 50.6 Å². The molecule has 0 saturated heterocycles. The molecule has 0 aliphatic heterocycles. The number of fused-ring (bicyclic) bond motifs is 1. The number of ether oxygens (including phenoxy) is 1. The summed E-state index contributed by atoms with van der Waals surface area (Å²) in [6, 6.07) is 16.2. The Morgan fingerprint density at radius 2 is 1.92 bits per heavy atom. The molecule has 4 nitrogen and oxygen atoms in total. The van der Waals surface area contributed by atoms with E-state index in [0.717, 1.165) is 10.1 Å². The quantitative estimate of drug-likeness (QED) is 0.684. The summed E-state index contributed by atoms with van der Waals surface area (Å²) in [5.41, 5.74) is 0.553. The molecular weight excluding hydrogens is 346 g/mol. The van der Waals surface area contributed by atoms with E-state index in [2.05, 4.69) is 5.32 Å². The fourth-order valence-electron chi connectivity index (χ4n) is 2.16. The number of nitrogens with one attached hydrogen (secondary N) is 1. The number of esters is 1. The number of carbonyl (C=O) groups is 2. The van der Waals surface area contributed by atoms with Crippen LogP contribution in [-0.2, 0) is 9.53 Å². The maximum atomic E-state index is 12.2. The van der Waals surface area contributed by atoms with Crippen LogP contribution in [0, 0.1) is 0 Å². The second kappa shape index (κ2) is 7.03. The monoisotopic (exact) mass is 359 g/mol. The maximum Gasteiger partial charge on any atom is 0.349 e. The van der Waals surface area contributed by atoms with Crippen LogP contribution >= 0.6 is 22.9 Å². The van der Waals surface area contributed by atoms with Gasteiger partial charge in [-0.2, -0.15) is 0 Å². The van der Waals surface area contributed by atoms with E-state index < -0.39 is 18.0 Å². The zero-order valence-corrected chi connectivity index (χ0v) is 14.4. The van der Waals surface area contributed by atoms with Crippen LogP contribution in [0.5, 0.6) is 0 Å². The lowest BCUT2D eigenvalue weighted by molar-refractivity contribution is -0.123. The number of hydrogen-bond donors (Lipinski definition) is 1. The Kier molecular flexibility index (Phi) is 4.83. The standard InChI is InChI=1S/C18H14ClNO3S/c1-11(17(21)20-14-7-4-6-13(19)10-14)23-18(22)16-9-12-5-2-3-8-15(12)24-16/h2-11H,1H3,(H,20,21)/t11-/m0/s1. The van der Waals surface area contributed by atoms with Gasteiger partial charge in [-0.3, -0.25) is 4.79 Å². The van der Waals surface area contributed by atoms with Crippen LogP contribution in [0.1, 0.15) is 16.6 Å².